The maximum atomic E-state index is 12.5. The SMILES string of the molecule is Cc1c(Cl)c(CSc2nc3ccccc3c(=O)n2C)nc2ccccc12. The minimum atomic E-state index is -0.0492. The van der Waals surface area contributed by atoms with Crippen LogP contribution in [-0.2, 0) is 12.8 Å². The monoisotopic (exact) mass is 381 g/mol. The Hall–Kier alpha value is -2.37. The average molecular weight is 382 g/mol. The predicted molar refractivity (Wildman–Crippen MR) is 108 cm³/mol. The molecule has 0 N–H and O–H groups in total. The van der Waals surface area contributed by atoms with E-state index in [0.29, 0.717) is 26.8 Å². The Bertz CT molecular complexity index is 1200. The summed E-state index contributed by atoms with van der Waals surface area (Å²) in [5, 5.41) is 3.00. The van der Waals surface area contributed by atoms with Crippen molar-refractivity contribution < 1.29 is 0 Å². The molecule has 0 fully saturated rings. The molecule has 0 aliphatic carbocycles. The van der Waals surface area contributed by atoms with Gasteiger partial charge in [-0.15, -0.1) is 0 Å². The van der Waals surface area contributed by atoms with E-state index in [1.165, 1.54) is 11.8 Å². The molecule has 2 heterocycles. The van der Waals surface area contributed by atoms with Crippen LogP contribution >= 0.6 is 23.4 Å². The van der Waals surface area contributed by atoms with Gasteiger partial charge in [-0.05, 0) is 30.7 Å². The molecule has 4 nitrogen and oxygen atoms in total. The highest BCUT2D eigenvalue weighted by atomic mass is 35.5. The highest BCUT2D eigenvalue weighted by molar-refractivity contribution is 7.98. The summed E-state index contributed by atoms with van der Waals surface area (Å²) in [5.74, 6) is 0.545. The Morgan fingerprint density at radius 2 is 1.62 bits per heavy atom. The summed E-state index contributed by atoms with van der Waals surface area (Å²) < 4.78 is 1.58. The minimum absolute atomic E-state index is 0.0492. The van der Waals surface area contributed by atoms with Gasteiger partial charge in [0.05, 0.1) is 27.1 Å². The number of halogens is 1. The summed E-state index contributed by atoms with van der Waals surface area (Å²) in [6, 6.07) is 15.3. The molecule has 0 radical (unpaired) electrons. The van der Waals surface area contributed by atoms with Crippen LogP contribution in [0.15, 0.2) is 58.5 Å². The van der Waals surface area contributed by atoms with E-state index >= 15 is 0 Å². The van der Waals surface area contributed by atoms with Crippen LogP contribution in [0.2, 0.25) is 5.02 Å². The van der Waals surface area contributed by atoms with E-state index in [4.69, 9.17) is 16.6 Å². The Balaban J connectivity index is 1.73. The van der Waals surface area contributed by atoms with Gasteiger partial charge >= 0.3 is 0 Å². The van der Waals surface area contributed by atoms with Crippen molar-refractivity contribution in [3.63, 3.8) is 0 Å². The van der Waals surface area contributed by atoms with Crippen molar-refractivity contribution in [2.24, 2.45) is 7.05 Å². The van der Waals surface area contributed by atoms with Gasteiger partial charge in [-0.2, -0.15) is 0 Å². The van der Waals surface area contributed by atoms with E-state index in [1.54, 1.807) is 17.7 Å². The van der Waals surface area contributed by atoms with Crippen LogP contribution in [0.4, 0.5) is 0 Å². The molecule has 2 aromatic carbocycles. The normalized spacial score (nSPS) is 11.3. The summed E-state index contributed by atoms with van der Waals surface area (Å²) >= 11 is 8.01. The lowest BCUT2D eigenvalue weighted by Crippen LogP contribution is -2.19. The van der Waals surface area contributed by atoms with E-state index in [9.17, 15) is 4.79 Å². The largest absolute Gasteiger partial charge is 0.290 e. The number of hydrogen-bond donors (Lipinski definition) is 0. The summed E-state index contributed by atoms with van der Waals surface area (Å²) in [7, 11) is 1.74. The maximum Gasteiger partial charge on any atom is 0.261 e. The Morgan fingerprint density at radius 1 is 1.00 bits per heavy atom. The number of benzene rings is 2. The third-order valence-electron chi connectivity index (χ3n) is 4.43. The molecule has 0 spiro atoms. The number of aryl methyl sites for hydroxylation is 1. The van der Waals surface area contributed by atoms with E-state index in [0.717, 1.165) is 22.2 Å². The first-order valence-corrected chi connectivity index (χ1v) is 9.55. The van der Waals surface area contributed by atoms with Crippen LogP contribution in [0.5, 0.6) is 0 Å². The number of fused-ring (bicyclic) bond motifs is 2. The fourth-order valence-electron chi connectivity index (χ4n) is 2.97. The van der Waals surface area contributed by atoms with Gasteiger partial charge in [0.15, 0.2) is 5.16 Å². The van der Waals surface area contributed by atoms with Crippen LogP contribution in [0.25, 0.3) is 21.8 Å². The number of para-hydroxylation sites is 2. The molecule has 0 aliphatic heterocycles. The molecule has 0 bridgehead atoms. The molecule has 0 aliphatic rings. The number of nitrogens with zero attached hydrogens (tertiary/aromatic N) is 3. The topological polar surface area (TPSA) is 47.8 Å². The van der Waals surface area contributed by atoms with Crippen LogP contribution in [-0.4, -0.2) is 14.5 Å². The second kappa shape index (κ2) is 6.74. The van der Waals surface area contributed by atoms with Crippen molar-refractivity contribution in [1.82, 2.24) is 14.5 Å². The lowest BCUT2D eigenvalue weighted by atomic mass is 10.1. The van der Waals surface area contributed by atoms with Crippen LogP contribution in [0, 0.1) is 6.92 Å². The summed E-state index contributed by atoms with van der Waals surface area (Å²) in [6.45, 7) is 2.00. The van der Waals surface area contributed by atoms with E-state index in [1.807, 2.05) is 49.4 Å². The zero-order valence-electron chi connectivity index (χ0n) is 14.4. The molecule has 4 aromatic rings. The van der Waals surface area contributed by atoms with Crippen molar-refractivity contribution in [3.8, 4) is 0 Å². The molecule has 2 aromatic heterocycles. The zero-order valence-corrected chi connectivity index (χ0v) is 15.9. The van der Waals surface area contributed by atoms with Crippen molar-refractivity contribution in [2.75, 3.05) is 0 Å². The molecule has 6 heteroatoms. The maximum absolute atomic E-state index is 12.5. The van der Waals surface area contributed by atoms with Gasteiger partial charge in [0.2, 0.25) is 0 Å². The molecular weight excluding hydrogens is 366 g/mol. The summed E-state index contributed by atoms with van der Waals surface area (Å²) in [5.41, 5.74) is 3.40. The van der Waals surface area contributed by atoms with E-state index in [-0.39, 0.29) is 5.56 Å². The van der Waals surface area contributed by atoms with Gasteiger partial charge in [0, 0.05) is 18.2 Å². The van der Waals surface area contributed by atoms with Crippen LogP contribution < -0.4 is 5.56 Å². The van der Waals surface area contributed by atoms with Gasteiger partial charge in [0.25, 0.3) is 5.56 Å². The lowest BCUT2D eigenvalue weighted by Gasteiger charge is -2.11. The van der Waals surface area contributed by atoms with Gasteiger partial charge in [-0.25, -0.2) is 4.98 Å². The smallest absolute Gasteiger partial charge is 0.261 e. The third kappa shape index (κ3) is 2.87. The Labute approximate surface area is 159 Å². The first-order chi connectivity index (χ1) is 12.6. The molecule has 26 heavy (non-hydrogen) atoms. The van der Waals surface area contributed by atoms with Crippen LogP contribution in [0.3, 0.4) is 0 Å². The fourth-order valence-corrected chi connectivity index (χ4v) is 4.18. The number of aromatic nitrogens is 3. The van der Waals surface area contributed by atoms with Gasteiger partial charge in [0.1, 0.15) is 0 Å². The number of thioether (sulfide) groups is 1. The standard InChI is InChI=1S/C20H16ClN3OS/c1-12-13-7-3-5-9-15(13)22-17(18(12)21)11-26-20-23-16-10-6-4-8-14(16)19(25)24(20)2/h3-10H,11H2,1-2H3. The molecule has 0 atom stereocenters. The second-order valence-corrected chi connectivity index (χ2v) is 7.40. The fraction of sp³-hybridized carbons (Fsp3) is 0.150. The first-order valence-electron chi connectivity index (χ1n) is 8.18. The van der Waals surface area contributed by atoms with Gasteiger partial charge in [-0.3, -0.25) is 14.3 Å². The van der Waals surface area contributed by atoms with Crippen molar-refractivity contribution in [3.05, 3.63) is 75.2 Å². The first kappa shape index (κ1) is 17.1. The number of pyridine rings is 1. The molecule has 0 saturated heterocycles. The minimum Gasteiger partial charge on any atom is -0.290 e. The Kier molecular flexibility index (Phi) is 4.42. The molecule has 0 amide bonds. The summed E-state index contributed by atoms with van der Waals surface area (Å²) in [4.78, 5) is 21.8. The predicted octanol–water partition coefficient (Wildman–Crippen LogP) is 4.74. The van der Waals surface area contributed by atoms with Gasteiger partial charge in [-0.1, -0.05) is 53.7 Å². The third-order valence-corrected chi connectivity index (χ3v) is 5.97. The number of hydrogen-bond acceptors (Lipinski definition) is 4. The Morgan fingerprint density at radius 3 is 2.35 bits per heavy atom. The van der Waals surface area contributed by atoms with E-state index in [2.05, 4.69) is 4.98 Å². The molecule has 4 rings (SSSR count). The highest BCUT2D eigenvalue weighted by Gasteiger charge is 2.13. The average Bonchev–Trinajstić information content (AvgIpc) is 2.67. The summed E-state index contributed by atoms with van der Waals surface area (Å²) in [6.07, 6.45) is 0. The molecule has 0 saturated carbocycles. The number of rotatable bonds is 3. The second-order valence-electron chi connectivity index (χ2n) is 6.08. The van der Waals surface area contributed by atoms with E-state index < -0.39 is 0 Å². The molecule has 0 unspecified atom stereocenters. The quantitative estimate of drug-likeness (QED) is 0.380. The highest BCUT2D eigenvalue weighted by Crippen LogP contribution is 2.30. The van der Waals surface area contributed by atoms with Crippen molar-refractivity contribution >= 4 is 45.2 Å². The molecule has 130 valence electrons. The zero-order chi connectivity index (χ0) is 18.3. The van der Waals surface area contributed by atoms with Crippen molar-refractivity contribution in [1.29, 1.82) is 0 Å². The van der Waals surface area contributed by atoms with Gasteiger partial charge < -0.3 is 0 Å². The lowest BCUT2D eigenvalue weighted by molar-refractivity contribution is 0.726. The van der Waals surface area contributed by atoms with Crippen molar-refractivity contribution in [2.45, 2.75) is 17.8 Å². The van der Waals surface area contributed by atoms with Crippen LogP contribution in [0.1, 0.15) is 11.3 Å². The molecular formula is C20H16ClN3OS.